The maximum atomic E-state index is 12.8. The molecule has 1 heterocycles. The number of carbonyl (C=O) groups excluding carboxylic acids is 3. The first-order chi connectivity index (χ1) is 14.2. The lowest BCUT2D eigenvalue weighted by molar-refractivity contribution is -0.131. The van der Waals surface area contributed by atoms with Crippen molar-refractivity contribution in [3.63, 3.8) is 0 Å². The molecule has 0 aromatic heterocycles. The molecule has 0 radical (unpaired) electrons. The summed E-state index contributed by atoms with van der Waals surface area (Å²) in [5.41, 5.74) is 0.181. The molecule has 1 atom stereocenters. The van der Waals surface area contributed by atoms with Crippen LogP contribution in [-0.2, 0) is 15.1 Å². The van der Waals surface area contributed by atoms with Gasteiger partial charge in [0.05, 0.1) is 6.21 Å². The zero-order valence-electron chi connectivity index (χ0n) is 16.1. The van der Waals surface area contributed by atoms with Crippen molar-refractivity contribution < 1.29 is 27.9 Å². The normalized spacial score (nSPS) is 18.8. The van der Waals surface area contributed by atoms with E-state index in [2.05, 4.69) is 20.5 Å². The predicted octanol–water partition coefficient (Wildman–Crippen LogP) is 3.05. The van der Waals surface area contributed by atoms with Crippen molar-refractivity contribution in [3.05, 3.63) is 59.7 Å². The van der Waals surface area contributed by atoms with E-state index in [9.17, 15) is 23.2 Å². The first-order valence-corrected chi connectivity index (χ1v) is 8.83. The summed E-state index contributed by atoms with van der Waals surface area (Å²) >= 11 is 0. The quantitative estimate of drug-likeness (QED) is 0.558. The second-order valence-electron chi connectivity index (χ2n) is 6.62. The van der Waals surface area contributed by atoms with Gasteiger partial charge < -0.3 is 15.4 Å². The van der Waals surface area contributed by atoms with Crippen molar-refractivity contribution in [1.82, 2.24) is 10.3 Å². The van der Waals surface area contributed by atoms with Gasteiger partial charge in [-0.05, 0) is 42.3 Å². The number of hydrogen-bond acceptors (Lipinski definition) is 5. The highest BCUT2D eigenvalue weighted by Crippen LogP contribution is 2.30. The first-order valence-electron chi connectivity index (χ1n) is 8.83. The molecule has 1 saturated heterocycles. The Balaban J connectivity index is 1.75. The lowest BCUT2D eigenvalue weighted by Gasteiger charge is -2.21. The molecule has 0 spiro atoms. The van der Waals surface area contributed by atoms with Crippen LogP contribution in [0.5, 0.6) is 5.75 Å². The van der Waals surface area contributed by atoms with Crippen molar-refractivity contribution in [2.75, 3.05) is 5.32 Å². The molecule has 1 fully saturated rings. The van der Waals surface area contributed by atoms with Crippen molar-refractivity contribution in [2.45, 2.75) is 26.0 Å². The highest BCUT2D eigenvalue weighted by Gasteiger charge is 2.49. The van der Waals surface area contributed by atoms with Gasteiger partial charge in [0.15, 0.2) is 0 Å². The molecule has 2 N–H and O–H groups in total. The summed E-state index contributed by atoms with van der Waals surface area (Å²) in [7, 11) is 0. The minimum Gasteiger partial charge on any atom is -0.435 e. The average Bonchev–Trinajstić information content (AvgIpc) is 2.90. The van der Waals surface area contributed by atoms with Crippen molar-refractivity contribution in [1.29, 1.82) is 0 Å². The standard InChI is InChI=1S/C20H18F2N4O4/c1-12(27)24-15-7-3-13(4-8-15)11-23-26-17(28)20(2,25-19(26)29)14-5-9-16(10-6-14)30-18(21)22/h3-11,18H,1-2H3,(H,24,27)(H,25,29)/b23-11-/t20-/m0/s1. The smallest absolute Gasteiger partial charge is 0.387 e. The van der Waals surface area contributed by atoms with Crippen molar-refractivity contribution >= 4 is 29.7 Å². The number of imide groups is 1. The van der Waals surface area contributed by atoms with Gasteiger partial charge in [-0.1, -0.05) is 24.3 Å². The molecule has 0 saturated carbocycles. The molecule has 30 heavy (non-hydrogen) atoms. The third-order valence-corrected chi connectivity index (χ3v) is 4.38. The van der Waals surface area contributed by atoms with Gasteiger partial charge in [0.2, 0.25) is 5.91 Å². The Labute approximate surface area is 170 Å². The third kappa shape index (κ3) is 4.43. The molecule has 1 aliphatic rings. The summed E-state index contributed by atoms with van der Waals surface area (Å²) in [5, 5.41) is 9.84. The number of nitrogens with zero attached hydrogens (tertiary/aromatic N) is 2. The molecule has 2 aromatic rings. The maximum absolute atomic E-state index is 12.8. The number of ether oxygens (including phenoxy) is 1. The Morgan fingerprint density at radius 1 is 1.17 bits per heavy atom. The fourth-order valence-corrected chi connectivity index (χ4v) is 2.87. The number of halogens is 2. The molecular weight excluding hydrogens is 398 g/mol. The van der Waals surface area contributed by atoms with Gasteiger partial charge in [-0.2, -0.15) is 13.9 Å². The Bertz CT molecular complexity index is 993. The van der Waals surface area contributed by atoms with Gasteiger partial charge in [-0.15, -0.1) is 5.01 Å². The Morgan fingerprint density at radius 2 is 1.80 bits per heavy atom. The number of alkyl halides is 2. The van der Waals surface area contributed by atoms with E-state index in [4.69, 9.17) is 0 Å². The van der Waals surface area contributed by atoms with E-state index in [0.29, 0.717) is 21.8 Å². The number of carbonyl (C=O) groups is 3. The minimum atomic E-state index is -2.96. The third-order valence-electron chi connectivity index (χ3n) is 4.38. The van der Waals surface area contributed by atoms with E-state index in [1.165, 1.54) is 44.3 Å². The number of anilines is 1. The Morgan fingerprint density at radius 3 is 2.37 bits per heavy atom. The second kappa shape index (κ2) is 8.27. The molecule has 4 amide bonds. The van der Waals surface area contributed by atoms with E-state index in [1.807, 2.05) is 0 Å². The van der Waals surface area contributed by atoms with Crippen LogP contribution in [-0.4, -0.2) is 35.7 Å². The van der Waals surface area contributed by atoms with Crippen LogP contribution in [0.4, 0.5) is 19.3 Å². The molecular formula is C20H18F2N4O4. The van der Waals surface area contributed by atoms with E-state index >= 15 is 0 Å². The molecule has 0 unspecified atom stereocenters. The molecule has 2 aromatic carbocycles. The number of urea groups is 1. The van der Waals surface area contributed by atoms with Crippen molar-refractivity contribution in [2.24, 2.45) is 5.10 Å². The van der Waals surface area contributed by atoms with Crippen LogP contribution < -0.4 is 15.4 Å². The highest BCUT2D eigenvalue weighted by atomic mass is 19.3. The second-order valence-corrected chi connectivity index (χ2v) is 6.62. The fourth-order valence-electron chi connectivity index (χ4n) is 2.87. The lowest BCUT2D eigenvalue weighted by Crippen LogP contribution is -2.40. The summed E-state index contributed by atoms with van der Waals surface area (Å²) in [6, 6.07) is 11.3. The SMILES string of the molecule is CC(=O)Nc1ccc(/C=N\N2C(=O)N[C@@](C)(c3ccc(OC(F)F)cc3)C2=O)cc1. The zero-order chi connectivity index (χ0) is 21.9. The van der Waals surface area contributed by atoms with E-state index < -0.39 is 24.1 Å². The van der Waals surface area contributed by atoms with Crippen molar-refractivity contribution in [3.8, 4) is 5.75 Å². The van der Waals surface area contributed by atoms with Gasteiger partial charge in [0.1, 0.15) is 11.3 Å². The first kappa shape index (κ1) is 20.9. The van der Waals surface area contributed by atoms with Crippen LogP contribution in [0, 0.1) is 0 Å². The molecule has 8 nitrogen and oxygen atoms in total. The Kier molecular flexibility index (Phi) is 5.77. The fraction of sp³-hybridized carbons (Fsp3) is 0.200. The average molecular weight is 416 g/mol. The Hall–Kier alpha value is -3.82. The van der Waals surface area contributed by atoms with E-state index in [1.54, 1.807) is 24.3 Å². The summed E-state index contributed by atoms with van der Waals surface area (Å²) in [5.74, 6) is -0.892. The molecule has 3 rings (SSSR count). The summed E-state index contributed by atoms with van der Waals surface area (Å²) in [6.45, 7) is -0.0755. The topological polar surface area (TPSA) is 100 Å². The predicted molar refractivity (Wildman–Crippen MR) is 104 cm³/mol. The van der Waals surface area contributed by atoms with Crippen LogP contribution in [0.3, 0.4) is 0 Å². The maximum Gasteiger partial charge on any atom is 0.387 e. The number of hydrazone groups is 1. The van der Waals surface area contributed by atoms with Crippen LogP contribution >= 0.6 is 0 Å². The van der Waals surface area contributed by atoms with Gasteiger partial charge in [-0.25, -0.2) is 4.79 Å². The van der Waals surface area contributed by atoms with Crippen LogP contribution in [0.1, 0.15) is 25.0 Å². The summed E-state index contributed by atoms with van der Waals surface area (Å²) < 4.78 is 28.9. The number of nitrogens with one attached hydrogen (secondary N) is 2. The number of hydrogen-bond donors (Lipinski definition) is 2. The molecule has 0 aliphatic carbocycles. The summed E-state index contributed by atoms with van der Waals surface area (Å²) in [4.78, 5) is 36.2. The van der Waals surface area contributed by atoms with E-state index in [-0.39, 0.29) is 11.7 Å². The largest absolute Gasteiger partial charge is 0.435 e. The van der Waals surface area contributed by atoms with E-state index in [0.717, 1.165) is 0 Å². The molecule has 10 heteroatoms. The molecule has 156 valence electrons. The summed E-state index contributed by atoms with van der Waals surface area (Å²) in [6.07, 6.45) is 1.33. The monoisotopic (exact) mass is 416 g/mol. The van der Waals surface area contributed by atoms with Crippen LogP contribution in [0.15, 0.2) is 53.6 Å². The van der Waals surface area contributed by atoms with Crippen LogP contribution in [0.2, 0.25) is 0 Å². The van der Waals surface area contributed by atoms with Gasteiger partial charge in [0.25, 0.3) is 5.91 Å². The van der Waals surface area contributed by atoms with Gasteiger partial charge >= 0.3 is 12.6 Å². The highest BCUT2D eigenvalue weighted by molar-refractivity contribution is 6.07. The lowest BCUT2D eigenvalue weighted by atomic mass is 9.92. The number of rotatable bonds is 6. The number of amides is 4. The number of benzene rings is 2. The molecule has 0 bridgehead atoms. The van der Waals surface area contributed by atoms with Gasteiger partial charge in [-0.3, -0.25) is 9.59 Å². The molecule has 1 aliphatic heterocycles. The van der Waals surface area contributed by atoms with Gasteiger partial charge in [0, 0.05) is 12.6 Å². The zero-order valence-corrected chi connectivity index (χ0v) is 16.1. The van der Waals surface area contributed by atoms with Crippen LogP contribution in [0.25, 0.3) is 0 Å². The minimum absolute atomic E-state index is 0.0632.